The van der Waals surface area contributed by atoms with Gasteiger partial charge in [0, 0.05) is 18.8 Å². The van der Waals surface area contributed by atoms with Crippen LogP contribution in [0.2, 0.25) is 0 Å². The van der Waals surface area contributed by atoms with Crippen molar-refractivity contribution in [2.45, 2.75) is 30.6 Å². The average molecular weight is 435 g/mol. The fraction of sp³-hybridized carbons (Fsp3) is 0.240. The molecule has 1 amide bonds. The van der Waals surface area contributed by atoms with E-state index in [0.717, 1.165) is 36.0 Å². The van der Waals surface area contributed by atoms with Crippen molar-refractivity contribution in [3.05, 3.63) is 84.4 Å². The standard InChI is InChI=1S/C25H26N2O3S/c28-25(19-20-9-11-22(12-10-20)21-7-3-1-4-8-21)26-23-13-15-24(16-14-23)31(29,30)27-17-5-2-6-18-27/h1,3-4,7-16H,2,5-6,17-19H2,(H,26,28). The molecule has 1 N–H and O–H groups in total. The minimum atomic E-state index is -3.46. The van der Waals surface area contributed by atoms with Crippen molar-refractivity contribution in [1.29, 1.82) is 0 Å². The highest BCUT2D eigenvalue weighted by Crippen LogP contribution is 2.22. The Bertz CT molecular complexity index is 1120. The minimum absolute atomic E-state index is 0.140. The summed E-state index contributed by atoms with van der Waals surface area (Å²) < 4.78 is 27.0. The molecule has 31 heavy (non-hydrogen) atoms. The van der Waals surface area contributed by atoms with Crippen LogP contribution >= 0.6 is 0 Å². The number of benzene rings is 3. The maximum absolute atomic E-state index is 12.7. The number of piperidine rings is 1. The number of amides is 1. The van der Waals surface area contributed by atoms with Crippen LogP contribution in [0.4, 0.5) is 5.69 Å². The van der Waals surface area contributed by atoms with Crippen LogP contribution in [0.3, 0.4) is 0 Å². The molecule has 5 nitrogen and oxygen atoms in total. The maximum atomic E-state index is 12.7. The molecule has 1 fully saturated rings. The van der Waals surface area contributed by atoms with Crippen LogP contribution in [0.15, 0.2) is 83.8 Å². The van der Waals surface area contributed by atoms with Crippen LogP contribution < -0.4 is 5.32 Å². The normalized spacial score (nSPS) is 14.8. The Hall–Kier alpha value is -2.96. The van der Waals surface area contributed by atoms with E-state index in [-0.39, 0.29) is 17.2 Å². The number of nitrogens with one attached hydrogen (secondary N) is 1. The topological polar surface area (TPSA) is 66.5 Å². The fourth-order valence-corrected chi connectivity index (χ4v) is 5.32. The monoisotopic (exact) mass is 434 g/mol. The van der Waals surface area contributed by atoms with Crippen molar-refractivity contribution >= 4 is 21.6 Å². The molecule has 3 aromatic rings. The molecule has 160 valence electrons. The van der Waals surface area contributed by atoms with Crippen molar-refractivity contribution in [3.63, 3.8) is 0 Å². The summed E-state index contributed by atoms with van der Waals surface area (Å²) in [6.45, 7) is 1.15. The van der Waals surface area contributed by atoms with E-state index in [1.165, 1.54) is 0 Å². The minimum Gasteiger partial charge on any atom is -0.326 e. The molecule has 1 aliphatic heterocycles. The molecular formula is C25H26N2O3S. The van der Waals surface area contributed by atoms with Gasteiger partial charge in [0.2, 0.25) is 15.9 Å². The molecule has 0 radical (unpaired) electrons. The zero-order chi connectivity index (χ0) is 21.7. The van der Waals surface area contributed by atoms with Gasteiger partial charge < -0.3 is 5.32 Å². The molecule has 0 aliphatic carbocycles. The van der Waals surface area contributed by atoms with Gasteiger partial charge in [-0.2, -0.15) is 4.31 Å². The van der Waals surface area contributed by atoms with Gasteiger partial charge in [-0.15, -0.1) is 0 Å². The van der Waals surface area contributed by atoms with E-state index in [4.69, 9.17) is 0 Å². The van der Waals surface area contributed by atoms with E-state index < -0.39 is 10.0 Å². The van der Waals surface area contributed by atoms with Crippen LogP contribution in [-0.4, -0.2) is 31.7 Å². The predicted octanol–water partition coefficient (Wildman–Crippen LogP) is 4.71. The largest absolute Gasteiger partial charge is 0.326 e. The number of sulfonamides is 1. The molecule has 0 aromatic heterocycles. The molecule has 0 bridgehead atoms. The van der Waals surface area contributed by atoms with Crippen LogP contribution in [0.5, 0.6) is 0 Å². The highest BCUT2D eigenvalue weighted by molar-refractivity contribution is 7.89. The Morgan fingerprint density at radius 1 is 0.774 bits per heavy atom. The third-order valence-electron chi connectivity index (χ3n) is 5.52. The van der Waals surface area contributed by atoms with Crippen molar-refractivity contribution in [3.8, 4) is 11.1 Å². The van der Waals surface area contributed by atoms with Gasteiger partial charge in [-0.1, -0.05) is 61.0 Å². The molecular weight excluding hydrogens is 408 g/mol. The van der Waals surface area contributed by atoms with Gasteiger partial charge in [0.25, 0.3) is 0 Å². The smallest absolute Gasteiger partial charge is 0.243 e. The average Bonchev–Trinajstić information content (AvgIpc) is 2.81. The van der Waals surface area contributed by atoms with Gasteiger partial charge in [0.15, 0.2) is 0 Å². The summed E-state index contributed by atoms with van der Waals surface area (Å²) in [5, 5.41) is 2.85. The van der Waals surface area contributed by atoms with E-state index >= 15 is 0 Å². The number of rotatable bonds is 6. The lowest BCUT2D eigenvalue weighted by Gasteiger charge is -2.25. The fourth-order valence-electron chi connectivity index (χ4n) is 3.80. The first kappa shape index (κ1) is 21.3. The lowest BCUT2D eigenvalue weighted by Crippen LogP contribution is -2.35. The van der Waals surface area contributed by atoms with Crippen molar-refractivity contribution < 1.29 is 13.2 Å². The Labute approximate surface area is 183 Å². The number of nitrogens with zero attached hydrogens (tertiary/aromatic N) is 1. The van der Waals surface area contributed by atoms with E-state index in [2.05, 4.69) is 17.4 Å². The highest BCUT2D eigenvalue weighted by Gasteiger charge is 2.25. The van der Waals surface area contributed by atoms with Crippen LogP contribution in [0, 0.1) is 0 Å². The first-order valence-corrected chi connectivity index (χ1v) is 12.0. The first-order valence-electron chi connectivity index (χ1n) is 10.6. The second-order valence-corrected chi connectivity index (χ2v) is 9.71. The van der Waals surface area contributed by atoms with Gasteiger partial charge in [-0.3, -0.25) is 4.79 Å². The van der Waals surface area contributed by atoms with Gasteiger partial charge in [-0.25, -0.2) is 8.42 Å². The number of hydrogen-bond acceptors (Lipinski definition) is 3. The number of hydrogen-bond donors (Lipinski definition) is 1. The summed E-state index contributed by atoms with van der Waals surface area (Å²) in [7, 11) is -3.46. The molecule has 0 unspecified atom stereocenters. The summed E-state index contributed by atoms with van der Waals surface area (Å²) in [6, 6.07) is 24.4. The number of carbonyl (C=O) groups excluding carboxylic acids is 1. The molecule has 1 saturated heterocycles. The maximum Gasteiger partial charge on any atom is 0.243 e. The van der Waals surface area contributed by atoms with Crippen molar-refractivity contribution in [2.24, 2.45) is 0 Å². The summed E-state index contributed by atoms with van der Waals surface area (Å²) >= 11 is 0. The second-order valence-electron chi connectivity index (χ2n) is 7.78. The van der Waals surface area contributed by atoms with Crippen LogP contribution in [0.25, 0.3) is 11.1 Å². The van der Waals surface area contributed by atoms with E-state index in [1.54, 1.807) is 28.6 Å². The van der Waals surface area contributed by atoms with E-state index in [1.807, 2.05) is 42.5 Å². The van der Waals surface area contributed by atoms with Gasteiger partial charge in [-0.05, 0) is 53.8 Å². The third-order valence-corrected chi connectivity index (χ3v) is 7.43. The highest BCUT2D eigenvalue weighted by atomic mass is 32.2. The zero-order valence-electron chi connectivity index (χ0n) is 17.3. The van der Waals surface area contributed by atoms with Gasteiger partial charge >= 0.3 is 0 Å². The molecule has 0 atom stereocenters. The summed E-state index contributed by atoms with van der Waals surface area (Å²) in [5.41, 5.74) is 3.75. The van der Waals surface area contributed by atoms with Crippen LogP contribution in [-0.2, 0) is 21.2 Å². The van der Waals surface area contributed by atoms with Gasteiger partial charge in [0.05, 0.1) is 11.3 Å². The summed E-state index contributed by atoms with van der Waals surface area (Å²) in [6.07, 6.45) is 3.13. The molecule has 0 spiro atoms. The molecule has 0 saturated carbocycles. The quantitative estimate of drug-likeness (QED) is 0.611. The zero-order valence-corrected chi connectivity index (χ0v) is 18.1. The molecule has 3 aromatic carbocycles. The molecule has 6 heteroatoms. The second kappa shape index (κ2) is 9.45. The Morgan fingerprint density at radius 3 is 2.03 bits per heavy atom. The molecule has 4 rings (SSSR count). The summed E-state index contributed by atoms with van der Waals surface area (Å²) in [5.74, 6) is -0.140. The Kier molecular flexibility index (Phi) is 6.49. The van der Waals surface area contributed by atoms with Crippen LogP contribution in [0.1, 0.15) is 24.8 Å². The number of anilines is 1. The van der Waals surface area contributed by atoms with E-state index in [9.17, 15) is 13.2 Å². The molecule has 1 heterocycles. The Balaban J connectivity index is 1.36. The SMILES string of the molecule is O=C(Cc1ccc(-c2ccccc2)cc1)Nc1ccc(S(=O)(=O)N2CCCCC2)cc1. The number of carbonyl (C=O) groups is 1. The summed E-state index contributed by atoms with van der Waals surface area (Å²) in [4.78, 5) is 12.7. The lowest BCUT2D eigenvalue weighted by molar-refractivity contribution is -0.115. The van der Waals surface area contributed by atoms with Gasteiger partial charge in [0.1, 0.15) is 0 Å². The van der Waals surface area contributed by atoms with E-state index in [0.29, 0.717) is 18.8 Å². The van der Waals surface area contributed by atoms with Crippen molar-refractivity contribution in [1.82, 2.24) is 4.31 Å². The first-order chi connectivity index (χ1) is 15.0. The Morgan fingerprint density at radius 2 is 1.39 bits per heavy atom. The lowest BCUT2D eigenvalue weighted by atomic mass is 10.0. The molecule has 1 aliphatic rings. The van der Waals surface area contributed by atoms with Crippen molar-refractivity contribution in [2.75, 3.05) is 18.4 Å². The third kappa shape index (κ3) is 5.21. The predicted molar refractivity (Wildman–Crippen MR) is 123 cm³/mol.